The predicted octanol–water partition coefficient (Wildman–Crippen LogP) is 4.31. The van der Waals surface area contributed by atoms with Gasteiger partial charge in [0.15, 0.2) is 9.97 Å². The van der Waals surface area contributed by atoms with Gasteiger partial charge in [0.1, 0.15) is 0 Å². The fourth-order valence-electron chi connectivity index (χ4n) is 1.27. The number of aromatic nitrogens is 1. The largest absolute Gasteiger partial charge is 0.300 e. The molecule has 1 aromatic heterocycles. The maximum Gasteiger partial charge on any atom is 0.259 e. The van der Waals surface area contributed by atoms with Crippen LogP contribution in [0, 0.1) is 0 Å². The molecule has 7 heteroatoms. The number of anilines is 1. The highest BCUT2D eigenvalue weighted by Gasteiger charge is 2.13. The van der Waals surface area contributed by atoms with Gasteiger partial charge in [0.25, 0.3) is 5.91 Å². The molecule has 1 heterocycles. The highest BCUT2D eigenvalue weighted by atomic mass is 79.9. The van der Waals surface area contributed by atoms with Crippen molar-refractivity contribution in [2.45, 2.75) is 4.84 Å². The number of nitrogens with zero attached hydrogens (tertiary/aromatic N) is 1. The summed E-state index contributed by atoms with van der Waals surface area (Å²) in [7, 11) is 0. The number of hydrogen-bond acceptors (Lipinski definition) is 3. The third-order valence-corrected chi connectivity index (χ3v) is 3.70. The van der Waals surface area contributed by atoms with Gasteiger partial charge in [0.2, 0.25) is 0 Å². The molecule has 0 aliphatic rings. The van der Waals surface area contributed by atoms with Crippen molar-refractivity contribution in [2.24, 2.45) is 0 Å². The maximum absolute atomic E-state index is 11.3. The Morgan fingerprint density at radius 3 is 2.89 bits per heavy atom. The first-order valence-electron chi connectivity index (χ1n) is 4.87. The minimum atomic E-state index is -1.09. The molecule has 3 nitrogen and oxygen atoms in total. The van der Waals surface area contributed by atoms with Crippen LogP contribution in [0.15, 0.2) is 34.1 Å². The average Bonchev–Trinajstić information content (AvgIpc) is 2.77. The van der Waals surface area contributed by atoms with Gasteiger partial charge in [-0.05, 0) is 12.1 Å². The van der Waals surface area contributed by atoms with Crippen LogP contribution in [0.1, 0.15) is 0 Å². The zero-order valence-electron chi connectivity index (χ0n) is 8.86. The molecule has 0 aliphatic carbocycles. The molecule has 18 heavy (non-hydrogen) atoms. The number of hydrogen-bond donors (Lipinski definition) is 1. The highest BCUT2D eigenvalue weighted by Crippen LogP contribution is 2.27. The van der Waals surface area contributed by atoms with E-state index in [0.717, 1.165) is 15.7 Å². The Morgan fingerprint density at radius 1 is 1.44 bits per heavy atom. The van der Waals surface area contributed by atoms with Gasteiger partial charge in [-0.25, -0.2) is 4.98 Å². The van der Waals surface area contributed by atoms with Gasteiger partial charge in [-0.3, -0.25) is 10.1 Å². The molecule has 0 spiro atoms. The number of benzene rings is 1. The van der Waals surface area contributed by atoms with Crippen molar-refractivity contribution >= 4 is 61.5 Å². The van der Waals surface area contributed by atoms with Crippen molar-refractivity contribution in [3.8, 4) is 11.3 Å². The molecular formula is C11H7BrCl2N2OS. The minimum absolute atomic E-state index is 0.473. The predicted molar refractivity (Wildman–Crippen MR) is 79.4 cm³/mol. The molecule has 0 aliphatic heterocycles. The van der Waals surface area contributed by atoms with Crippen LogP contribution in [-0.2, 0) is 4.79 Å². The molecule has 1 N–H and O–H groups in total. The Bertz CT molecular complexity index is 574. The van der Waals surface area contributed by atoms with Gasteiger partial charge in [0.05, 0.1) is 5.69 Å². The SMILES string of the molecule is O=C(Nc1nc(-c2cccc(Br)c2)cs1)C(Cl)Cl. The second-order valence-electron chi connectivity index (χ2n) is 3.34. The lowest BCUT2D eigenvalue weighted by molar-refractivity contribution is -0.114. The van der Waals surface area contributed by atoms with E-state index in [2.05, 4.69) is 26.2 Å². The fraction of sp³-hybridized carbons (Fsp3) is 0.0909. The summed E-state index contributed by atoms with van der Waals surface area (Å²) in [4.78, 5) is 14.5. The summed E-state index contributed by atoms with van der Waals surface area (Å²) in [5.74, 6) is -0.478. The molecule has 1 amide bonds. The van der Waals surface area contributed by atoms with Gasteiger partial charge >= 0.3 is 0 Å². The molecule has 0 bridgehead atoms. The third kappa shape index (κ3) is 3.45. The molecule has 0 fully saturated rings. The number of alkyl halides is 2. The number of rotatable bonds is 3. The first kappa shape index (κ1) is 13.8. The van der Waals surface area contributed by atoms with Crippen LogP contribution in [0.3, 0.4) is 0 Å². The Balaban J connectivity index is 2.18. The zero-order chi connectivity index (χ0) is 13.1. The Kier molecular flexibility index (Phi) is 4.61. The van der Waals surface area contributed by atoms with Crippen molar-refractivity contribution in [3.05, 3.63) is 34.1 Å². The van der Waals surface area contributed by atoms with Crippen LogP contribution < -0.4 is 5.32 Å². The molecule has 0 saturated heterocycles. The molecule has 0 unspecified atom stereocenters. The van der Waals surface area contributed by atoms with E-state index < -0.39 is 10.7 Å². The minimum Gasteiger partial charge on any atom is -0.300 e. The first-order chi connectivity index (χ1) is 8.56. The number of nitrogens with one attached hydrogen (secondary N) is 1. The van der Waals surface area contributed by atoms with Crippen LogP contribution in [0.25, 0.3) is 11.3 Å². The number of halogens is 3. The summed E-state index contributed by atoms with van der Waals surface area (Å²) >= 11 is 15.6. The molecule has 0 saturated carbocycles. The second kappa shape index (κ2) is 6.02. The summed E-state index contributed by atoms with van der Waals surface area (Å²) < 4.78 is 0.972. The Hall–Kier alpha value is -0.620. The standard InChI is InChI=1S/C11H7BrCl2N2OS/c12-7-3-1-2-6(4-7)8-5-18-11(15-8)16-10(17)9(13)14/h1-5,9H,(H,15,16,17). The van der Waals surface area contributed by atoms with E-state index in [-0.39, 0.29) is 0 Å². The van der Waals surface area contributed by atoms with E-state index >= 15 is 0 Å². The van der Waals surface area contributed by atoms with Crippen molar-refractivity contribution in [2.75, 3.05) is 5.32 Å². The Morgan fingerprint density at radius 2 is 2.22 bits per heavy atom. The van der Waals surface area contributed by atoms with Crippen LogP contribution >= 0.6 is 50.5 Å². The molecule has 2 aromatic rings. The summed E-state index contributed by atoms with van der Waals surface area (Å²) in [5, 5.41) is 4.87. The van der Waals surface area contributed by atoms with Gasteiger partial charge in [-0.2, -0.15) is 0 Å². The van der Waals surface area contributed by atoms with Crippen molar-refractivity contribution in [1.82, 2.24) is 4.98 Å². The lowest BCUT2D eigenvalue weighted by Gasteiger charge is -2.00. The van der Waals surface area contributed by atoms with Gasteiger partial charge in [0, 0.05) is 15.4 Å². The van der Waals surface area contributed by atoms with Gasteiger partial charge in [-0.15, -0.1) is 11.3 Å². The van der Waals surface area contributed by atoms with Gasteiger partial charge < -0.3 is 0 Å². The first-order valence-corrected chi connectivity index (χ1v) is 7.41. The lowest BCUT2D eigenvalue weighted by Crippen LogP contribution is -2.18. The lowest BCUT2D eigenvalue weighted by atomic mass is 10.2. The highest BCUT2D eigenvalue weighted by molar-refractivity contribution is 9.10. The molecule has 94 valence electrons. The summed E-state index contributed by atoms with van der Waals surface area (Å²) in [6, 6.07) is 7.75. The molecular weight excluding hydrogens is 359 g/mol. The van der Waals surface area contributed by atoms with Crippen LogP contribution in [0.2, 0.25) is 0 Å². The van der Waals surface area contributed by atoms with Crippen molar-refractivity contribution in [3.63, 3.8) is 0 Å². The fourth-order valence-corrected chi connectivity index (χ4v) is 2.50. The van der Waals surface area contributed by atoms with Crippen LogP contribution in [0.5, 0.6) is 0 Å². The second-order valence-corrected chi connectivity index (χ2v) is 6.21. The number of amides is 1. The van der Waals surface area contributed by atoms with Crippen LogP contribution in [-0.4, -0.2) is 15.7 Å². The van der Waals surface area contributed by atoms with Crippen molar-refractivity contribution in [1.29, 1.82) is 0 Å². The van der Waals surface area contributed by atoms with Gasteiger partial charge in [-0.1, -0.05) is 51.3 Å². The van der Waals surface area contributed by atoms with E-state index in [1.807, 2.05) is 29.6 Å². The van der Waals surface area contributed by atoms with E-state index in [1.165, 1.54) is 11.3 Å². The smallest absolute Gasteiger partial charge is 0.259 e. The molecule has 2 rings (SSSR count). The topological polar surface area (TPSA) is 42.0 Å². The number of carbonyl (C=O) groups is 1. The third-order valence-electron chi connectivity index (χ3n) is 2.05. The number of thiazole rings is 1. The molecule has 0 atom stereocenters. The number of carbonyl (C=O) groups excluding carboxylic acids is 1. The Labute approximate surface area is 126 Å². The van der Waals surface area contributed by atoms with Crippen LogP contribution in [0.4, 0.5) is 5.13 Å². The van der Waals surface area contributed by atoms with E-state index in [0.29, 0.717) is 5.13 Å². The maximum atomic E-state index is 11.3. The molecule has 0 radical (unpaired) electrons. The normalized spacial score (nSPS) is 10.7. The van der Waals surface area contributed by atoms with Crippen molar-refractivity contribution < 1.29 is 4.79 Å². The average molecular weight is 366 g/mol. The van der Waals surface area contributed by atoms with E-state index in [1.54, 1.807) is 0 Å². The van der Waals surface area contributed by atoms with E-state index in [9.17, 15) is 4.79 Å². The molecule has 1 aromatic carbocycles. The quantitative estimate of drug-likeness (QED) is 0.823. The zero-order valence-corrected chi connectivity index (χ0v) is 12.8. The summed E-state index contributed by atoms with van der Waals surface area (Å²) in [6.45, 7) is 0. The summed E-state index contributed by atoms with van der Waals surface area (Å²) in [5.41, 5.74) is 1.76. The summed E-state index contributed by atoms with van der Waals surface area (Å²) in [6.07, 6.45) is 0. The van der Waals surface area contributed by atoms with E-state index in [4.69, 9.17) is 23.2 Å². The monoisotopic (exact) mass is 364 g/mol.